The number of hydrogen-bond donors (Lipinski definition) is 1. The molecule has 0 radical (unpaired) electrons. The molecule has 0 saturated carbocycles. The van der Waals surface area contributed by atoms with E-state index in [4.69, 9.17) is 0 Å². The van der Waals surface area contributed by atoms with Crippen molar-refractivity contribution in [1.82, 2.24) is 9.78 Å². The van der Waals surface area contributed by atoms with Crippen LogP contribution in [0.5, 0.6) is 0 Å². The molecule has 0 aliphatic heterocycles. The molecule has 0 aliphatic carbocycles. The second-order valence-corrected chi connectivity index (χ2v) is 5.13. The highest BCUT2D eigenvalue weighted by atomic mass is 16.3. The number of hydrogen-bond acceptors (Lipinski definition) is 2. The molecule has 3 heteroatoms. The molecule has 3 nitrogen and oxygen atoms in total. The van der Waals surface area contributed by atoms with Crippen LogP contribution in [0.15, 0.2) is 24.3 Å². The summed E-state index contributed by atoms with van der Waals surface area (Å²) in [7, 11) is 0. The fraction of sp³-hybridized carbons (Fsp3) is 0.533. The maximum absolute atomic E-state index is 9.89. The van der Waals surface area contributed by atoms with E-state index in [9.17, 15) is 5.11 Å². The number of benzene rings is 1. The van der Waals surface area contributed by atoms with Crippen LogP contribution in [-0.4, -0.2) is 21.0 Å². The van der Waals surface area contributed by atoms with Crippen molar-refractivity contribution in [3.63, 3.8) is 0 Å². The van der Waals surface area contributed by atoms with Crippen molar-refractivity contribution < 1.29 is 5.11 Å². The van der Waals surface area contributed by atoms with E-state index in [1.54, 1.807) is 0 Å². The topological polar surface area (TPSA) is 38.0 Å². The number of aliphatic hydroxyl groups excluding tert-OH is 1. The maximum atomic E-state index is 9.89. The molecule has 18 heavy (non-hydrogen) atoms. The van der Waals surface area contributed by atoms with Gasteiger partial charge in [0.15, 0.2) is 0 Å². The fourth-order valence-corrected chi connectivity index (χ4v) is 2.24. The average Bonchev–Trinajstić information content (AvgIpc) is 2.74. The summed E-state index contributed by atoms with van der Waals surface area (Å²) in [4.78, 5) is 0. The normalized spacial score (nSPS) is 13.4. The third-order valence-corrected chi connectivity index (χ3v) is 3.48. The van der Waals surface area contributed by atoms with E-state index < -0.39 is 0 Å². The van der Waals surface area contributed by atoms with Crippen molar-refractivity contribution in [3.8, 4) is 0 Å². The molecule has 0 fully saturated rings. The Morgan fingerprint density at radius 3 is 2.67 bits per heavy atom. The molecule has 1 atom stereocenters. The number of fused-ring (bicyclic) bond motifs is 1. The lowest BCUT2D eigenvalue weighted by Gasteiger charge is -2.13. The van der Waals surface area contributed by atoms with Crippen LogP contribution in [0.3, 0.4) is 0 Å². The summed E-state index contributed by atoms with van der Waals surface area (Å²) in [6, 6.07) is 8.31. The zero-order chi connectivity index (χ0) is 13.1. The smallest absolute Gasteiger partial charge is 0.0704 e. The van der Waals surface area contributed by atoms with E-state index in [1.165, 1.54) is 10.9 Å². The summed E-state index contributed by atoms with van der Waals surface area (Å²) in [6.07, 6.45) is 1.38. The van der Waals surface area contributed by atoms with Gasteiger partial charge in [0, 0.05) is 11.9 Å². The third-order valence-electron chi connectivity index (χ3n) is 3.48. The van der Waals surface area contributed by atoms with Crippen molar-refractivity contribution in [3.05, 3.63) is 30.0 Å². The van der Waals surface area contributed by atoms with Crippen LogP contribution in [0.1, 0.15) is 32.9 Å². The van der Waals surface area contributed by atoms with Crippen LogP contribution in [0, 0.1) is 5.92 Å². The Morgan fingerprint density at radius 2 is 2.00 bits per heavy atom. The van der Waals surface area contributed by atoms with Gasteiger partial charge in [0.2, 0.25) is 0 Å². The Hall–Kier alpha value is -1.35. The van der Waals surface area contributed by atoms with Gasteiger partial charge in [-0.05, 0) is 31.7 Å². The molecule has 0 amide bonds. The monoisotopic (exact) mass is 246 g/mol. The standard InChI is InChI=1S/C15H22N2O/c1-4-17-14-8-6-5-7-12(14)13(16-17)9-10-15(18)11(2)3/h5-8,11,15,18H,4,9-10H2,1-3H3. The van der Waals surface area contributed by atoms with Gasteiger partial charge in [0.05, 0.1) is 17.3 Å². The molecule has 1 aromatic heterocycles. The zero-order valence-electron chi connectivity index (χ0n) is 11.4. The molecule has 1 unspecified atom stereocenters. The quantitative estimate of drug-likeness (QED) is 0.880. The van der Waals surface area contributed by atoms with Crippen LogP contribution < -0.4 is 0 Å². The van der Waals surface area contributed by atoms with Crippen LogP contribution in [0.25, 0.3) is 10.9 Å². The highest BCUT2D eigenvalue weighted by Crippen LogP contribution is 2.20. The molecule has 1 heterocycles. The summed E-state index contributed by atoms with van der Waals surface area (Å²) < 4.78 is 2.03. The lowest BCUT2D eigenvalue weighted by Crippen LogP contribution is -2.15. The van der Waals surface area contributed by atoms with Gasteiger partial charge in [-0.25, -0.2) is 0 Å². The molecular weight excluding hydrogens is 224 g/mol. The number of aliphatic hydroxyl groups is 1. The minimum absolute atomic E-state index is 0.240. The van der Waals surface area contributed by atoms with Gasteiger partial charge in [-0.15, -0.1) is 0 Å². The largest absolute Gasteiger partial charge is 0.393 e. The van der Waals surface area contributed by atoms with E-state index in [0.717, 1.165) is 25.1 Å². The molecule has 2 rings (SSSR count). The van der Waals surface area contributed by atoms with E-state index in [2.05, 4.69) is 24.2 Å². The van der Waals surface area contributed by atoms with Crippen LogP contribution in [0.2, 0.25) is 0 Å². The van der Waals surface area contributed by atoms with Gasteiger partial charge in [-0.1, -0.05) is 32.0 Å². The first kappa shape index (κ1) is 13.1. The summed E-state index contributed by atoms with van der Waals surface area (Å²) in [5, 5.41) is 15.8. The maximum Gasteiger partial charge on any atom is 0.0704 e. The van der Waals surface area contributed by atoms with E-state index in [1.807, 2.05) is 30.7 Å². The van der Waals surface area contributed by atoms with Crippen molar-refractivity contribution >= 4 is 10.9 Å². The molecule has 0 aliphatic rings. The minimum Gasteiger partial charge on any atom is -0.393 e. The van der Waals surface area contributed by atoms with Gasteiger partial charge in [0.25, 0.3) is 0 Å². The Morgan fingerprint density at radius 1 is 1.28 bits per heavy atom. The van der Waals surface area contributed by atoms with Crippen molar-refractivity contribution in [2.75, 3.05) is 0 Å². The molecular formula is C15H22N2O. The third kappa shape index (κ3) is 2.56. The van der Waals surface area contributed by atoms with Gasteiger partial charge >= 0.3 is 0 Å². The van der Waals surface area contributed by atoms with Crippen LogP contribution >= 0.6 is 0 Å². The average molecular weight is 246 g/mol. The first-order valence-corrected chi connectivity index (χ1v) is 6.76. The summed E-state index contributed by atoms with van der Waals surface area (Å²) in [5.74, 6) is 0.310. The van der Waals surface area contributed by atoms with Gasteiger partial charge < -0.3 is 5.11 Å². The van der Waals surface area contributed by atoms with Crippen molar-refractivity contribution in [2.45, 2.75) is 46.3 Å². The summed E-state index contributed by atoms with van der Waals surface area (Å²) in [6.45, 7) is 7.08. The summed E-state index contributed by atoms with van der Waals surface area (Å²) in [5.41, 5.74) is 2.29. The Labute approximate surface area is 108 Å². The second kappa shape index (κ2) is 5.53. The predicted molar refractivity (Wildman–Crippen MR) is 74.6 cm³/mol. The minimum atomic E-state index is -0.240. The number of rotatable bonds is 5. The Balaban J connectivity index is 2.23. The highest BCUT2D eigenvalue weighted by Gasteiger charge is 2.13. The van der Waals surface area contributed by atoms with Crippen LogP contribution in [-0.2, 0) is 13.0 Å². The summed E-state index contributed by atoms with van der Waals surface area (Å²) >= 11 is 0. The SMILES string of the molecule is CCn1nc(CCC(O)C(C)C)c2ccccc21. The molecule has 98 valence electrons. The number of nitrogens with zero attached hydrogens (tertiary/aromatic N) is 2. The van der Waals surface area contributed by atoms with E-state index >= 15 is 0 Å². The molecule has 0 saturated heterocycles. The first-order valence-electron chi connectivity index (χ1n) is 6.76. The van der Waals surface area contributed by atoms with Gasteiger partial charge in [-0.3, -0.25) is 4.68 Å². The Kier molecular flexibility index (Phi) is 4.02. The number of aryl methyl sites for hydroxylation is 2. The van der Waals surface area contributed by atoms with E-state index in [0.29, 0.717) is 5.92 Å². The van der Waals surface area contributed by atoms with Gasteiger partial charge in [0.1, 0.15) is 0 Å². The highest BCUT2D eigenvalue weighted by molar-refractivity contribution is 5.81. The number of aromatic nitrogens is 2. The lowest BCUT2D eigenvalue weighted by molar-refractivity contribution is 0.116. The lowest BCUT2D eigenvalue weighted by atomic mass is 10.0. The zero-order valence-corrected chi connectivity index (χ0v) is 11.4. The molecule has 0 spiro atoms. The predicted octanol–water partition coefficient (Wildman–Crippen LogP) is 3.01. The van der Waals surface area contributed by atoms with Crippen molar-refractivity contribution in [1.29, 1.82) is 0 Å². The molecule has 1 N–H and O–H groups in total. The second-order valence-electron chi connectivity index (χ2n) is 5.13. The first-order chi connectivity index (χ1) is 8.63. The fourth-order valence-electron chi connectivity index (χ4n) is 2.24. The van der Waals surface area contributed by atoms with Crippen molar-refractivity contribution in [2.24, 2.45) is 5.92 Å². The molecule has 0 bridgehead atoms. The number of para-hydroxylation sites is 1. The molecule has 1 aromatic carbocycles. The molecule has 2 aromatic rings. The Bertz CT molecular complexity index is 516. The van der Waals surface area contributed by atoms with E-state index in [-0.39, 0.29) is 6.10 Å². The van der Waals surface area contributed by atoms with Crippen LogP contribution in [0.4, 0.5) is 0 Å². The van der Waals surface area contributed by atoms with Gasteiger partial charge in [-0.2, -0.15) is 5.10 Å².